The van der Waals surface area contributed by atoms with E-state index in [4.69, 9.17) is 0 Å². The molecular formula is C17H25N. The van der Waals surface area contributed by atoms with Crippen LogP contribution in [0, 0.1) is 5.41 Å². The second kappa shape index (κ2) is 5.05. The normalized spacial score (nSPS) is 22.3. The summed E-state index contributed by atoms with van der Waals surface area (Å²) in [6.45, 7) is 4.66. The van der Waals surface area contributed by atoms with Gasteiger partial charge in [-0.2, -0.15) is 0 Å². The first-order valence-electron chi connectivity index (χ1n) is 7.55. The lowest BCUT2D eigenvalue weighted by Crippen LogP contribution is -2.29. The molecule has 1 aromatic carbocycles. The van der Waals surface area contributed by atoms with Crippen molar-refractivity contribution in [3.05, 3.63) is 35.4 Å². The van der Waals surface area contributed by atoms with Crippen LogP contribution in [0.2, 0.25) is 0 Å². The highest BCUT2D eigenvalue weighted by atomic mass is 14.9. The minimum atomic E-state index is 0.564. The molecule has 2 aliphatic carbocycles. The van der Waals surface area contributed by atoms with Crippen LogP contribution in [0.3, 0.4) is 0 Å². The minimum Gasteiger partial charge on any atom is -0.312 e. The van der Waals surface area contributed by atoms with Crippen molar-refractivity contribution in [3.8, 4) is 0 Å². The highest BCUT2D eigenvalue weighted by molar-refractivity contribution is 5.29. The highest BCUT2D eigenvalue weighted by Crippen LogP contribution is 2.40. The predicted molar refractivity (Wildman–Crippen MR) is 76.7 cm³/mol. The maximum atomic E-state index is 3.67. The Bertz CT molecular complexity index is 400. The average Bonchev–Trinajstić information content (AvgIpc) is 3.14. The SMILES string of the molecule is CC1(CNCc2cccc(C3CC3)c2)CCCC1. The fourth-order valence-electron chi connectivity index (χ4n) is 3.29. The Labute approximate surface area is 111 Å². The molecule has 1 heteroatoms. The Balaban J connectivity index is 1.51. The lowest BCUT2D eigenvalue weighted by atomic mass is 9.89. The van der Waals surface area contributed by atoms with Gasteiger partial charge in [-0.15, -0.1) is 0 Å². The van der Waals surface area contributed by atoms with Gasteiger partial charge < -0.3 is 5.32 Å². The van der Waals surface area contributed by atoms with Crippen molar-refractivity contribution in [1.82, 2.24) is 5.32 Å². The quantitative estimate of drug-likeness (QED) is 0.816. The fraction of sp³-hybridized carbons (Fsp3) is 0.647. The molecule has 0 bridgehead atoms. The molecule has 0 amide bonds. The minimum absolute atomic E-state index is 0.564. The molecular weight excluding hydrogens is 218 g/mol. The average molecular weight is 243 g/mol. The molecule has 0 saturated heterocycles. The van der Waals surface area contributed by atoms with Gasteiger partial charge in [-0.3, -0.25) is 0 Å². The van der Waals surface area contributed by atoms with Crippen LogP contribution < -0.4 is 5.32 Å². The first-order valence-corrected chi connectivity index (χ1v) is 7.55. The van der Waals surface area contributed by atoms with Gasteiger partial charge in [-0.25, -0.2) is 0 Å². The lowest BCUT2D eigenvalue weighted by molar-refractivity contribution is 0.314. The van der Waals surface area contributed by atoms with E-state index in [9.17, 15) is 0 Å². The number of hydrogen-bond acceptors (Lipinski definition) is 1. The van der Waals surface area contributed by atoms with Crippen LogP contribution >= 0.6 is 0 Å². The van der Waals surface area contributed by atoms with Gasteiger partial charge in [0, 0.05) is 13.1 Å². The predicted octanol–water partition coefficient (Wildman–Crippen LogP) is 4.23. The lowest BCUT2D eigenvalue weighted by Gasteiger charge is -2.23. The smallest absolute Gasteiger partial charge is 0.0205 e. The third kappa shape index (κ3) is 2.95. The summed E-state index contributed by atoms with van der Waals surface area (Å²) in [6, 6.07) is 9.18. The van der Waals surface area contributed by atoms with E-state index in [2.05, 4.69) is 36.5 Å². The standard InChI is InChI=1S/C17H25N/c1-17(9-2-3-10-17)13-18-12-14-5-4-6-16(11-14)15-7-8-15/h4-6,11,15,18H,2-3,7-10,12-13H2,1H3. The molecule has 1 N–H and O–H groups in total. The molecule has 1 nitrogen and oxygen atoms in total. The van der Waals surface area contributed by atoms with Gasteiger partial charge in [-0.1, -0.05) is 44.0 Å². The van der Waals surface area contributed by atoms with Crippen molar-refractivity contribution in [2.24, 2.45) is 5.41 Å². The molecule has 0 aromatic heterocycles. The van der Waals surface area contributed by atoms with E-state index < -0.39 is 0 Å². The van der Waals surface area contributed by atoms with Gasteiger partial charge in [-0.05, 0) is 48.1 Å². The van der Waals surface area contributed by atoms with Crippen molar-refractivity contribution in [3.63, 3.8) is 0 Å². The fourth-order valence-corrected chi connectivity index (χ4v) is 3.29. The summed E-state index contributed by atoms with van der Waals surface area (Å²) >= 11 is 0. The second-order valence-corrected chi connectivity index (χ2v) is 6.64. The topological polar surface area (TPSA) is 12.0 Å². The van der Waals surface area contributed by atoms with E-state index in [0.717, 1.165) is 12.5 Å². The Kier molecular flexibility index (Phi) is 3.43. The molecule has 2 saturated carbocycles. The van der Waals surface area contributed by atoms with Gasteiger partial charge in [0.1, 0.15) is 0 Å². The van der Waals surface area contributed by atoms with Gasteiger partial charge in [0.15, 0.2) is 0 Å². The van der Waals surface area contributed by atoms with Crippen molar-refractivity contribution < 1.29 is 0 Å². The van der Waals surface area contributed by atoms with Gasteiger partial charge in [0.25, 0.3) is 0 Å². The first-order chi connectivity index (χ1) is 8.75. The molecule has 18 heavy (non-hydrogen) atoms. The van der Waals surface area contributed by atoms with Crippen LogP contribution in [0.15, 0.2) is 24.3 Å². The van der Waals surface area contributed by atoms with E-state index in [1.165, 1.54) is 50.6 Å². The first kappa shape index (κ1) is 12.2. The largest absolute Gasteiger partial charge is 0.312 e. The molecule has 1 aromatic rings. The molecule has 2 aliphatic rings. The summed E-state index contributed by atoms with van der Waals surface area (Å²) in [4.78, 5) is 0. The van der Waals surface area contributed by atoms with E-state index in [1.807, 2.05) is 0 Å². The van der Waals surface area contributed by atoms with Gasteiger partial charge in [0.2, 0.25) is 0 Å². The zero-order valence-electron chi connectivity index (χ0n) is 11.5. The molecule has 3 rings (SSSR count). The van der Waals surface area contributed by atoms with Gasteiger partial charge >= 0.3 is 0 Å². The van der Waals surface area contributed by atoms with Gasteiger partial charge in [0.05, 0.1) is 0 Å². The van der Waals surface area contributed by atoms with Crippen LogP contribution in [-0.2, 0) is 6.54 Å². The summed E-state index contributed by atoms with van der Waals surface area (Å²) in [5, 5.41) is 3.67. The maximum absolute atomic E-state index is 3.67. The van der Waals surface area contributed by atoms with Crippen LogP contribution in [0.5, 0.6) is 0 Å². The Morgan fingerprint density at radius 1 is 1.22 bits per heavy atom. The van der Waals surface area contributed by atoms with E-state index in [-0.39, 0.29) is 0 Å². The number of hydrogen-bond donors (Lipinski definition) is 1. The number of rotatable bonds is 5. The maximum Gasteiger partial charge on any atom is 0.0205 e. The Morgan fingerprint density at radius 3 is 2.72 bits per heavy atom. The van der Waals surface area contributed by atoms with Crippen molar-refractivity contribution >= 4 is 0 Å². The van der Waals surface area contributed by atoms with Crippen LogP contribution in [0.4, 0.5) is 0 Å². The van der Waals surface area contributed by atoms with Crippen molar-refractivity contribution in [2.45, 2.75) is 57.9 Å². The number of benzene rings is 1. The third-order valence-corrected chi connectivity index (χ3v) is 4.69. The molecule has 0 atom stereocenters. The highest BCUT2D eigenvalue weighted by Gasteiger charge is 2.28. The molecule has 0 unspecified atom stereocenters. The van der Waals surface area contributed by atoms with E-state index in [1.54, 1.807) is 5.56 Å². The van der Waals surface area contributed by atoms with Crippen LogP contribution in [0.25, 0.3) is 0 Å². The molecule has 0 radical (unpaired) electrons. The number of nitrogens with one attached hydrogen (secondary N) is 1. The molecule has 2 fully saturated rings. The third-order valence-electron chi connectivity index (χ3n) is 4.69. The second-order valence-electron chi connectivity index (χ2n) is 6.64. The molecule has 0 aliphatic heterocycles. The molecule has 0 spiro atoms. The summed E-state index contributed by atoms with van der Waals surface area (Å²) in [6.07, 6.45) is 8.46. The van der Waals surface area contributed by atoms with E-state index in [0.29, 0.717) is 5.41 Å². The van der Waals surface area contributed by atoms with Crippen molar-refractivity contribution in [1.29, 1.82) is 0 Å². The monoisotopic (exact) mass is 243 g/mol. The summed E-state index contributed by atoms with van der Waals surface area (Å²) in [5.41, 5.74) is 3.58. The zero-order valence-corrected chi connectivity index (χ0v) is 11.5. The zero-order chi connectivity index (χ0) is 12.4. The Morgan fingerprint density at radius 2 is 2.00 bits per heavy atom. The Hall–Kier alpha value is -0.820. The molecule has 0 heterocycles. The van der Waals surface area contributed by atoms with E-state index >= 15 is 0 Å². The summed E-state index contributed by atoms with van der Waals surface area (Å²) < 4.78 is 0. The summed E-state index contributed by atoms with van der Waals surface area (Å²) in [7, 11) is 0. The van der Waals surface area contributed by atoms with Crippen LogP contribution in [-0.4, -0.2) is 6.54 Å². The molecule has 98 valence electrons. The summed E-state index contributed by atoms with van der Waals surface area (Å²) in [5.74, 6) is 0.872. The van der Waals surface area contributed by atoms with Crippen molar-refractivity contribution in [2.75, 3.05) is 6.54 Å². The van der Waals surface area contributed by atoms with Crippen LogP contribution in [0.1, 0.15) is 62.5 Å².